The van der Waals surface area contributed by atoms with E-state index in [1.54, 1.807) is 27.7 Å². The van der Waals surface area contributed by atoms with Crippen LogP contribution in [0.2, 0.25) is 0 Å². The van der Waals surface area contributed by atoms with E-state index >= 15 is 0 Å². The summed E-state index contributed by atoms with van der Waals surface area (Å²) in [6.45, 7) is 7.00. The highest BCUT2D eigenvalue weighted by Crippen LogP contribution is 2.14. The van der Waals surface area contributed by atoms with Crippen molar-refractivity contribution in [3.63, 3.8) is 0 Å². The zero-order valence-electron chi connectivity index (χ0n) is 12.8. The molecule has 0 aliphatic heterocycles. The van der Waals surface area contributed by atoms with Gasteiger partial charge in [-0.05, 0) is 52.5 Å². The molecule has 0 saturated heterocycles. The van der Waals surface area contributed by atoms with Gasteiger partial charge in [0.2, 0.25) is 0 Å². The summed E-state index contributed by atoms with van der Waals surface area (Å²) in [5.41, 5.74) is 0.609. The summed E-state index contributed by atoms with van der Waals surface area (Å²) in [6, 6.07) is 9.74. The van der Waals surface area contributed by atoms with E-state index < -0.39 is 11.7 Å². The van der Waals surface area contributed by atoms with Gasteiger partial charge in [-0.15, -0.1) is 0 Å². The number of amides is 1. The molecule has 0 saturated carbocycles. The van der Waals surface area contributed by atoms with Crippen LogP contribution in [0, 0.1) is 5.21 Å². The van der Waals surface area contributed by atoms with Crippen molar-refractivity contribution in [3.8, 4) is 0 Å². The molecule has 1 rings (SSSR count). The van der Waals surface area contributed by atoms with E-state index in [0.29, 0.717) is 11.5 Å². The Morgan fingerprint density at radius 1 is 1.30 bits per heavy atom. The van der Waals surface area contributed by atoms with Gasteiger partial charge >= 0.3 is 6.09 Å². The largest absolute Gasteiger partial charge is 0.754 e. The minimum atomic E-state index is -0.801. The smallest absolute Gasteiger partial charge is 0.399 e. The fraction of sp³-hybridized carbons (Fsp3) is 0.562. The Morgan fingerprint density at radius 3 is 2.45 bits per heavy atom. The molecule has 1 aromatic rings. The zero-order chi connectivity index (χ0) is 15.2. The van der Waals surface area contributed by atoms with Crippen LogP contribution in [-0.4, -0.2) is 22.8 Å². The van der Waals surface area contributed by atoms with Gasteiger partial charge in [0, 0.05) is 6.04 Å². The van der Waals surface area contributed by atoms with Gasteiger partial charge in [0.05, 0.1) is 0 Å². The highest BCUT2D eigenvalue weighted by atomic mass is 16.6. The highest BCUT2D eigenvalue weighted by Gasteiger charge is 2.19. The van der Waals surface area contributed by atoms with Crippen LogP contribution in [0.15, 0.2) is 30.3 Å². The first-order valence-corrected chi connectivity index (χ1v) is 7.03. The lowest BCUT2D eigenvalue weighted by Gasteiger charge is -2.36. The first kappa shape index (κ1) is 16.5. The van der Waals surface area contributed by atoms with Crippen LogP contribution in [0.25, 0.3) is 0 Å². The molecule has 0 bridgehead atoms. The van der Waals surface area contributed by atoms with Gasteiger partial charge in [0.1, 0.15) is 5.60 Å². The minimum absolute atomic E-state index is 0.367. The number of ether oxygens (including phenoxy) is 1. The maximum atomic E-state index is 11.8. The summed E-state index contributed by atoms with van der Waals surface area (Å²) in [7, 11) is 0. The van der Waals surface area contributed by atoms with E-state index in [1.807, 2.05) is 18.2 Å². The van der Waals surface area contributed by atoms with Crippen LogP contribution in [0.5, 0.6) is 0 Å². The summed E-state index contributed by atoms with van der Waals surface area (Å²) in [4.78, 5) is 11.6. The van der Waals surface area contributed by atoms with Gasteiger partial charge in [-0.25, -0.2) is 4.79 Å². The zero-order valence-corrected chi connectivity index (χ0v) is 12.8. The second-order valence-electron chi connectivity index (χ2n) is 6.03. The maximum absolute atomic E-state index is 11.8. The topological polar surface area (TPSA) is 52.6 Å². The van der Waals surface area contributed by atoms with Crippen LogP contribution in [0.4, 0.5) is 4.79 Å². The average molecular weight is 278 g/mol. The summed E-state index contributed by atoms with van der Waals surface area (Å²) >= 11 is 0. The number of nitrogens with zero attached hydrogens (tertiary/aromatic N) is 1. The lowest BCUT2D eigenvalue weighted by atomic mass is 10.1. The molecule has 1 unspecified atom stereocenters. The molecular formula is C16H24NO3-. The molecule has 4 heteroatoms. The van der Waals surface area contributed by atoms with Crippen molar-refractivity contribution in [3.05, 3.63) is 41.1 Å². The van der Waals surface area contributed by atoms with Crippen molar-refractivity contribution in [1.82, 2.24) is 5.06 Å². The lowest BCUT2D eigenvalue weighted by Crippen LogP contribution is -2.38. The number of carbonyl (C=O) groups is 1. The number of carbonyl (C=O) groups excluding carboxylic acids is 1. The van der Waals surface area contributed by atoms with E-state index in [0.717, 1.165) is 12.8 Å². The van der Waals surface area contributed by atoms with E-state index in [1.165, 1.54) is 5.56 Å². The Kier molecular flexibility index (Phi) is 6.02. The van der Waals surface area contributed by atoms with Gasteiger partial charge in [-0.3, -0.25) is 0 Å². The fourth-order valence-electron chi connectivity index (χ4n) is 1.85. The second-order valence-corrected chi connectivity index (χ2v) is 6.03. The molecule has 4 nitrogen and oxygen atoms in total. The number of rotatable bonds is 5. The molecule has 1 amide bonds. The third-order valence-electron chi connectivity index (χ3n) is 2.90. The predicted octanol–water partition coefficient (Wildman–Crippen LogP) is 4.13. The summed E-state index contributed by atoms with van der Waals surface area (Å²) in [5.74, 6) is 0. The third-order valence-corrected chi connectivity index (χ3v) is 2.90. The molecule has 0 fully saturated rings. The van der Waals surface area contributed by atoms with E-state index in [-0.39, 0.29) is 6.04 Å². The number of hydrogen-bond donors (Lipinski definition) is 0. The van der Waals surface area contributed by atoms with Crippen molar-refractivity contribution in [2.45, 2.75) is 58.6 Å². The first-order valence-electron chi connectivity index (χ1n) is 7.03. The van der Waals surface area contributed by atoms with Gasteiger partial charge < -0.3 is 15.0 Å². The molecule has 0 spiro atoms. The van der Waals surface area contributed by atoms with E-state index in [2.05, 4.69) is 12.1 Å². The number of hydroxylamine groups is 2. The second kappa shape index (κ2) is 7.29. The monoisotopic (exact) mass is 278 g/mol. The Bertz CT molecular complexity index is 411. The lowest BCUT2D eigenvalue weighted by molar-refractivity contribution is 0.0274. The molecule has 1 aromatic carbocycles. The number of hydrogen-bond acceptors (Lipinski definition) is 3. The summed E-state index contributed by atoms with van der Waals surface area (Å²) < 4.78 is 5.06. The summed E-state index contributed by atoms with van der Waals surface area (Å²) in [5, 5.41) is 12.2. The molecule has 0 aromatic heterocycles. The Labute approximate surface area is 121 Å². The first-order chi connectivity index (χ1) is 9.29. The van der Waals surface area contributed by atoms with Gasteiger partial charge in [0.15, 0.2) is 0 Å². The number of aryl methyl sites for hydroxylation is 1. The third kappa shape index (κ3) is 6.06. The molecule has 0 radical (unpaired) electrons. The normalized spacial score (nSPS) is 12.8. The molecule has 0 N–H and O–H groups in total. The Balaban J connectivity index is 2.35. The van der Waals surface area contributed by atoms with Crippen molar-refractivity contribution in [2.75, 3.05) is 0 Å². The van der Waals surface area contributed by atoms with Gasteiger partial charge in [-0.1, -0.05) is 30.3 Å². The van der Waals surface area contributed by atoms with Crippen LogP contribution >= 0.6 is 0 Å². The van der Waals surface area contributed by atoms with Crippen molar-refractivity contribution in [1.29, 1.82) is 0 Å². The van der Waals surface area contributed by atoms with Crippen LogP contribution < -0.4 is 0 Å². The van der Waals surface area contributed by atoms with E-state index in [4.69, 9.17) is 4.74 Å². The average Bonchev–Trinajstić information content (AvgIpc) is 2.37. The SMILES string of the molecule is CC(CCCc1ccccc1)N([O-])C(=O)OC(C)(C)C. The van der Waals surface area contributed by atoms with Gasteiger partial charge in [-0.2, -0.15) is 0 Å². The highest BCUT2D eigenvalue weighted by molar-refractivity contribution is 5.68. The van der Waals surface area contributed by atoms with Crippen LogP contribution in [0.1, 0.15) is 46.1 Å². The fourth-order valence-corrected chi connectivity index (χ4v) is 1.85. The molecule has 1 atom stereocenters. The minimum Gasteiger partial charge on any atom is -0.754 e. The molecule has 0 heterocycles. The summed E-state index contributed by atoms with van der Waals surface area (Å²) in [6.07, 6.45) is 1.64. The molecule has 0 aliphatic carbocycles. The maximum Gasteiger partial charge on any atom is 0.399 e. The molecule has 0 aliphatic rings. The Hall–Kier alpha value is -1.55. The van der Waals surface area contributed by atoms with Crippen LogP contribution in [-0.2, 0) is 11.2 Å². The molecular weight excluding hydrogens is 254 g/mol. The molecule has 112 valence electrons. The van der Waals surface area contributed by atoms with Crippen molar-refractivity contribution in [2.24, 2.45) is 0 Å². The predicted molar refractivity (Wildman–Crippen MR) is 80.3 cm³/mol. The van der Waals surface area contributed by atoms with Crippen LogP contribution in [0.3, 0.4) is 0 Å². The standard InChI is InChI=1S/C16H24NO3/c1-13(17(19)15(18)20-16(2,3)4)9-8-12-14-10-6-5-7-11-14/h5-7,10-11,13H,8-9,12H2,1-4H3/q-1. The van der Waals surface area contributed by atoms with Crippen molar-refractivity contribution >= 4 is 6.09 Å². The number of benzene rings is 1. The quantitative estimate of drug-likeness (QED) is 0.761. The van der Waals surface area contributed by atoms with E-state index in [9.17, 15) is 10.0 Å². The van der Waals surface area contributed by atoms with Gasteiger partial charge in [0.25, 0.3) is 0 Å². The Morgan fingerprint density at radius 2 is 1.90 bits per heavy atom. The molecule has 20 heavy (non-hydrogen) atoms. The van der Waals surface area contributed by atoms with Crippen molar-refractivity contribution < 1.29 is 9.53 Å².